The van der Waals surface area contributed by atoms with Crippen molar-refractivity contribution in [2.45, 2.75) is 19.4 Å². The summed E-state index contributed by atoms with van der Waals surface area (Å²) in [4.78, 5) is 13.3. The first-order valence-electron chi connectivity index (χ1n) is 7.44. The minimum atomic E-state index is -0.696. The Hall–Kier alpha value is -1.47. The average molecular weight is 388 g/mol. The second kappa shape index (κ2) is 7.88. The van der Waals surface area contributed by atoms with Crippen molar-refractivity contribution in [3.05, 3.63) is 16.1 Å². The molecule has 1 N–H and O–H groups in total. The first kappa shape index (κ1) is 17.9. The molecule has 1 aliphatic heterocycles. The number of hydrogen-bond acceptors (Lipinski definition) is 5. The smallest absolute Gasteiger partial charge is 0.306 e. The van der Waals surface area contributed by atoms with Gasteiger partial charge in [0.1, 0.15) is 0 Å². The van der Waals surface area contributed by atoms with E-state index in [1.165, 1.54) is 0 Å². The number of likely N-dealkylation sites (tertiary alicyclic amines) is 1. The van der Waals surface area contributed by atoms with Crippen LogP contribution in [0.3, 0.4) is 0 Å². The molecule has 0 spiro atoms. The number of carbonyl (C=O) groups is 1. The van der Waals surface area contributed by atoms with E-state index in [4.69, 9.17) is 19.3 Å². The van der Waals surface area contributed by atoms with E-state index >= 15 is 0 Å². The van der Waals surface area contributed by atoms with Gasteiger partial charge in [-0.1, -0.05) is 0 Å². The molecule has 23 heavy (non-hydrogen) atoms. The minimum absolute atomic E-state index is 0.227. The summed E-state index contributed by atoms with van der Waals surface area (Å²) in [5, 5.41) is 9.08. The summed E-state index contributed by atoms with van der Waals surface area (Å²) in [6.07, 6.45) is 1.36. The van der Waals surface area contributed by atoms with Crippen molar-refractivity contribution in [3.8, 4) is 17.2 Å². The summed E-state index contributed by atoms with van der Waals surface area (Å²) in [6.45, 7) is 2.23. The molecule has 1 heterocycles. The lowest BCUT2D eigenvalue weighted by molar-refractivity contribution is -0.143. The van der Waals surface area contributed by atoms with Crippen LogP contribution in [0.4, 0.5) is 0 Å². The van der Waals surface area contributed by atoms with Gasteiger partial charge in [0.05, 0.1) is 31.7 Å². The Morgan fingerprint density at radius 3 is 2.30 bits per heavy atom. The van der Waals surface area contributed by atoms with Crippen LogP contribution in [0, 0.1) is 5.92 Å². The van der Waals surface area contributed by atoms with E-state index in [2.05, 4.69) is 20.8 Å². The van der Waals surface area contributed by atoms with Gasteiger partial charge in [-0.25, -0.2) is 0 Å². The van der Waals surface area contributed by atoms with E-state index in [0.717, 1.165) is 23.1 Å². The summed E-state index contributed by atoms with van der Waals surface area (Å²) >= 11 is 3.58. The highest BCUT2D eigenvalue weighted by molar-refractivity contribution is 9.10. The Kier molecular flexibility index (Phi) is 6.12. The molecule has 1 fully saturated rings. The van der Waals surface area contributed by atoms with Gasteiger partial charge < -0.3 is 19.3 Å². The molecule has 0 radical (unpaired) electrons. The molecule has 6 nitrogen and oxygen atoms in total. The van der Waals surface area contributed by atoms with Crippen molar-refractivity contribution in [1.29, 1.82) is 0 Å². The quantitative estimate of drug-likeness (QED) is 0.809. The lowest BCUT2D eigenvalue weighted by atomic mass is 9.97. The molecule has 128 valence electrons. The van der Waals surface area contributed by atoms with E-state index in [1.54, 1.807) is 21.3 Å². The minimum Gasteiger partial charge on any atom is -0.493 e. The van der Waals surface area contributed by atoms with Gasteiger partial charge in [-0.15, -0.1) is 0 Å². The number of aliphatic carboxylic acids is 1. The van der Waals surface area contributed by atoms with Crippen molar-refractivity contribution in [3.63, 3.8) is 0 Å². The molecule has 0 aromatic heterocycles. The number of carboxylic acids is 1. The Morgan fingerprint density at radius 1 is 1.22 bits per heavy atom. The van der Waals surface area contributed by atoms with E-state index in [9.17, 15) is 4.79 Å². The van der Waals surface area contributed by atoms with Crippen LogP contribution in [0.2, 0.25) is 0 Å². The molecular formula is C16H22BrNO5. The number of hydrogen-bond donors (Lipinski definition) is 1. The lowest BCUT2D eigenvalue weighted by Gasteiger charge is -2.30. The Bertz CT molecular complexity index is 570. The van der Waals surface area contributed by atoms with Crippen molar-refractivity contribution in [1.82, 2.24) is 4.90 Å². The Morgan fingerprint density at radius 2 is 1.83 bits per heavy atom. The van der Waals surface area contributed by atoms with Gasteiger partial charge in [-0.05, 0) is 53.5 Å². The maximum atomic E-state index is 11.0. The molecule has 1 aliphatic rings. The fraction of sp³-hybridized carbons (Fsp3) is 0.562. The van der Waals surface area contributed by atoms with Crippen LogP contribution in [0.5, 0.6) is 17.2 Å². The second-order valence-corrected chi connectivity index (χ2v) is 6.30. The van der Waals surface area contributed by atoms with Gasteiger partial charge in [-0.2, -0.15) is 0 Å². The maximum Gasteiger partial charge on any atom is 0.306 e. The highest BCUT2D eigenvalue weighted by atomic mass is 79.9. The number of rotatable bonds is 6. The van der Waals surface area contributed by atoms with Gasteiger partial charge in [0.2, 0.25) is 5.75 Å². The number of halogens is 1. The van der Waals surface area contributed by atoms with Gasteiger partial charge >= 0.3 is 5.97 Å². The molecule has 0 amide bonds. The predicted octanol–water partition coefficient (Wildman–Crippen LogP) is 2.77. The number of nitrogens with zero attached hydrogens (tertiary/aromatic N) is 1. The molecule has 0 saturated carbocycles. The third-order valence-electron chi connectivity index (χ3n) is 4.18. The molecule has 0 bridgehead atoms. The number of benzene rings is 1. The average Bonchev–Trinajstić information content (AvgIpc) is 2.56. The zero-order chi connectivity index (χ0) is 17.0. The SMILES string of the molecule is COc1cc(CN2CCC(C(=O)O)CC2)c(Br)c(OC)c1OC. The summed E-state index contributed by atoms with van der Waals surface area (Å²) in [6, 6.07) is 1.93. The lowest BCUT2D eigenvalue weighted by Crippen LogP contribution is -2.35. The first-order chi connectivity index (χ1) is 11.0. The molecule has 1 saturated heterocycles. The molecule has 1 aromatic rings. The van der Waals surface area contributed by atoms with E-state index in [0.29, 0.717) is 36.6 Å². The zero-order valence-electron chi connectivity index (χ0n) is 13.6. The summed E-state index contributed by atoms with van der Waals surface area (Å²) in [5.74, 6) is 0.841. The van der Waals surface area contributed by atoms with Gasteiger partial charge in [-0.3, -0.25) is 9.69 Å². The summed E-state index contributed by atoms with van der Waals surface area (Å²) in [7, 11) is 4.75. The number of piperidine rings is 1. The fourth-order valence-corrected chi connectivity index (χ4v) is 3.45. The van der Waals surface area contributed by atoms with Gasteiger partial charge in [0, 0.05) is 6.54 Å². The van der Waals surface area contributed by atoms with E-state index in [1.807, 2.05) is 6.07 Å². The third-order valence-corrected chi connectivity index (χ3v) is 5.04. The highest BCUT2D eigenvalue weighted by Gasteiger charge is 2.26. The standard InChI is InChI=1S/C16H22BrNO5/c1-21-12-8-11(13(17)15(23-3)14(12)22-2)9-18-6-4-10(5-7-18)16(19)20/h8,10H,4-7,9H2,1-3H3,(H,19,20). The molecular weight excluding hydrogens is 366 g/mol. The van der Waals surface area contributed by atoms with Crippen molar-refractivity contribution >= 4 is 21.9 Å². The van der Waals surface area contributed by atoms with Crippen molar-refractivity contribution in [2.75, 3.05) is 34.4 Å². The molecule has 2 rings (SSSR count). The number of ether oxygens (including phenoxy) is 3. The van der Waals surface area contributed by atoms with Crippen LogP contribution in [0.15, 0.2) is 10.5 Å². The van der Waals surface area contributed by atoms with Crippen LogP contribution in [0.25, 0.3) is 0 Å². The summed E-state index contributed by atoms with van der Waals surface area (Å²) in [5.41, 5.74) is 1.02. The summed E-state index contributed by atoms with van der Waals surface area (Å²) < 4.78 is 17.0. The van der Waals surface area contributed by atoms with Crippen LogP contribution >= 0.6 is 15.9 Å². The number of carboxylic acid groups (broad SMARTS) is 1. The van der Waals surface area contributed by atoms with Crippen molar-refractivity contribution < 1.29 is 24.1 Å². The molecule has 0 aliphatic carbocycles. The fourth-order valence-electron chi connectivity index (χ4n) is 2.87. The number of methoxy groups -OCH3 is 3. The molecule has 1 aromatic carbocycles. The topological polar surface area (TPSA) is 68.2 Å². The van der Waals surface area contributed by atoms with Crippen LogP contribution in [0.1, 0.15) is 18.4 Å². The van der Waals surface area contributed by atoms with E-state index < -0.39 is 5.97 Å². The highest BCUT2D eigenvalue weighted by Crippen LogP contribution is 2.45. The monoisotopic (exact) mass is 387 g/mol. The van der Waals surface area contributed by atoms with Crippen LogP contribution in [-0.2, 0) is 11.3 Å². The Balaban J connectivity index is 2.19. The maximum absolute atomic E-state index is 11.0. The Labute approximate surface area is 144 Å². The molecule has 0 atom stereocenters. The van der Waals surface area contributed by atoms with Crippen LogP contribution < -0.4 is 14.2 Å². The molecule has 7 heteroatoms. The first-order valence-corrected chi connectivity index (χ1v) is 8.23. The van der Waals surface area contributed by atoms with Gasteiger partial charge in [0.15, 0.2) is 11.5 Å². The zero-order valence-corrected chi connectivity index (χ0v) is 15.2. The van der Waals surface area contributed by atoms with E-state index in [-0.39, 0.29) is 5.92 Å². The van der Waals surface area contributed by atoms with Gasteiger partial charge in [0.25, 0.3) is 0 Å². The third kappa shape index (κ3) is 3.90. The second-order valence-electron chi connectivity index (χ2n) is 5.51. The van der Waals surface area contributed by atoms with Crippen molar-refractivity contribution in [2.24, 2.45) is 5.92 Å². The van der Waals surface area contributed by atoms with Crippen LogP contribution in [-0.4, -0.2) is 50.4 Å². The normalized spacial score (nSPS) is 16.2. The predicted molar refractivity (Wildman–Crippen MR) is 89.4 cm³/mol. The largest absolute Gasteiger partial charge is 0.493 e. The molecule has 0 unspecified atom stereocenters.